The molecule has 3 N–H and O–H groups in total. The summed E-state index contributed by atoms with van der Waals surface area (Å²) in [5.41, 5.74) is 2.40. The molecule has 0 aliphatic rings. The normalized spacial score (nSPS) is 13.6. The van der Waals surface area contributed by atoms with Crippen molar-refractivity contribution in [2.45, 2.75) is 6.17 Å². The van der Waals surface area contributed by atoms with Crippen molar-refractivity contribution in [1.29, 1.82) is 0 Å². The van der Waals surface area contributed by atoms with Crippen LogP contribution in [0.15, 0.2) is 0 Å². The van der Waals surface area contributed by atoms with Crippen LogP contribution in [0, 0.1) is 0 Å². The maximum Gasteiger partial charge on any atom is 0.211 e. The van der Waals surface area contributed by atoms with Crippen LogP contribution in [0.5, 0.6) is 0 Å². The van der Waals surface area contributed by atoms with E-state index in [4.69, 9.17) is 5.84 Å². The minimum Gasteiger partial charge on any atom is -1.00 e. The van der Waals surface area contributed by atoms with Crippen molar-refractivity contribution >= 4 is 6.29 Å². The summed E-state index contributed by atoms with van der Waals surface area (Å²) in [4.78, 5) is 10.2. The molecule has 0 aromatic rings. The van der Waals surface area contributed by atoms with E-state index in [1.165, 1.54) is 0 Å². The van der Waals surface area contributed by atoms with Gasteiger partial charge in [-0.3, -0.25) is 10.6 Å². The third kappa shape index (κ3) is 3.79. The van der Waals surface area contributed by atoms with Gasteiger partial charge in [-0.15, -0.1) is 0 Å². The zero-order valence-electron chi connectivity index (χ0n) is 6.47. The van der Waals surface area contributed by atoms with Gasteiger partial charge in [-0.25, -0.2) is 5.43 Å². The fraction of sp³-hybridized carbons (Fsp3) is 0.800. The van der Waals surface area contributed by atoms with Crippen LogP contribution in [0.25, 0.3) is 0 Å². The molecule has 0 radical (unpaired) electrons. The third-order valence-electron chi connectivity index (χ3n) is 1.13. The number of hydrazine groups is 1. The number of nitrogens with zero attached hydrogens (tertiary/aromatic N) is 1. The highest BCUT2D eigenvalue weighted by atomic mass is 35.5. The summed E-state index contributed by atoms with van der Waals surface area (Å²) in [6.45, 7) is 0. The van der Waals surface area contributed by atoms with Gasteiger partial charge in [0.05, 0.1) is 21.1 Å². The van der Waals surface area contributed by atoms with Crippen LogP contribution in [-0.2, 0) is 4.79 Å². The number of nitrogens with two attached hydrogens (primary N) is 1. The summed E-state index contributed by atoms with van der Waals surface area (Å²) in [6.07, 6.45) is 0.477. The molecule has 0 heterocycles. The fourth-order valence-corrected chi connectivity index (χ4v) is 0.445. The van der Waals surface area contributed by atoms with Gasteiger partial charge in [0.1, 0.15) is 0 Å². The second-order valence-electron chi connectivity index (χ2n) is 2.86. The van der Waals surface area contributed by atoms with Crippen LogP contribution in [-0.4, -0.2) is 38.1 Å². The number of rotatable bonds is 3. The number of halogens is 1. The van der Waals surface area contributed by atoms with E-state index in [0.717, 1.165) is 6.29 Å². The first-order chi connectivity index (χ1) is 4.02. The maximum atomic E-state index is 10.2. The number of nitrogens with one attached hydrogen (secondary N) is 1. The Morgan fingerprint density at radius 3 is 1.90 bits per heavy atom. The average molecular weight is 168 g/mol. The molecule has 1 unspecified atom stereocenters. The van der Waals surface area contributed by atoms with E-state index in [2.05, 4.69) is 5.43 Å². The van der Waals surface area contributed by atoms with Gasteiger partial charge >= 0.3 is 0 Å². The molecule has 0 fully saturated rings. The lowest BCUT2D eigenvalue weighted by Gasteiger charge is -2.29. The van der Waals surface area contributed by atoms with E-state index >= 15 is 0 Å². The first-order valence-corrected chi connectivity index (χ1v) is 2.75. The second kappa shape index (κ2) is 4.62. The molecule has 62 valence electrons. The van der Waals surface area contributed by atoms with E-state index in [0.29, 0.717) is 4.48 Å². The molecule has 0 spiro atoms. The quantitative estimate of drug-likeness (QED) is 0.147. The topological polar surface area (TPSA) is 55.1 Å². The zero-order chi connectivity index (χ0) is 7.49. The monoisotopic (exact) mass is 167 g/mol. The molecule has 0 saturated carbocycles. The zero-order valence-corrected chi connectivity index (χ0v) is 7.22. The van der Waals surface area contributed by atoms with Crippen molar-refractivity contribution in [2.24, 2.45) is 5.84 Å². The van der Waals surface area contributed by atoms with Gasteiger partial charge in [0, 0.05) is 0 Å². The van der Waals surface area contributed by atoms with Gasteiger partial charge in [-0.05, 0) is 0 Å². The third-order valence-corrected chi connectivity index (χ3v) is 1.13. The molecule has 0 saturated heterocycles. The molecule has 0 aromatic heterocycles. The van der Waals surface area contributed by atoms with Gasteiger partial charge in [-0.1, -0.05) is 0 Å². The van der Waals surface area contributed by atoms with Gasteiger partial charge < -0.3 is 16.9 Å². The Hall–Kier alpha value is -0.160. The summed E-state index contributed by atoms with van der Waals surface area (Å²) in [6, 6.07) is 0. The number of hydrogen-bond acceptors (Lipinski definition) is 3. The number of hydrogen-bond donors (Lipinski definition) is 2. The van der Waals surface area contributed by atoms with E-state index < -0.39 is 0 Å². The van der Waals surface area contributed by atoms with Crippen LogP contribution in [0.1, 0.15) is 0 Å². The first-order valence-electron chi connectivity index (χ1n) is 2.75. The highest BCUT2D eigenvalue weighted by molar-refractivity contribution is 5.54. The Balaban J connectivity index is 0. The molecule has 0 bridgehead atoms. The molecular formula is C5H14ClN3O. The highest BCUT2D eigenvalue weighted by Crippen LogP contribution is 1.92. The number of likely N-dealkylation sites (N-methyl/N-ethyl adjacent to an activating group) is 1. The predicted octanol–water partition coefficient (Wildman–Crippen LogP) is -4.32. The van der Waals surface area contributed by atoms with Crippen LogP contribution < -0.4 is 23.7 Å². The lowest BCUT2D eigenvalue weighted by atomic mass is 10.4. The number of carbonyl (C=O) groups is 1. The molecular weight excluding hydrogens is 154 g/mol. The molecule has 0 rings (SSSR count). The summed E-state index contributed by atoms with van der Waals surface area (Å²) in [5, 5.41) is 0. The van der Waals surface area contributed by atoms with Gasteiger partial charge in [0.15, 0.2) is 6.29 Å². The predicted molar refractivity (Wildman–Crippen MR) is 35.2 cm³/mol. The van der Waals surface area contributed by atoms with E-state index in [1.54, 1.807) is 0 Å². The van der Waals surface area contributed by atoms with E-state index in [-0.39, 0.29) is 18.6 Å². The Morgan fingerprint density at radius 1 is 1.50 bits per heavy atom. The Bertz CT molecular complexity index is 102. The Morgan fingerprint density at radius 2 is 1.90 bits per heavy atom. The standard InChI is InChI=1S/C5H14N3O.ClH/c1-8(2,3)5(4-9)7-6;/h4-5,7H,6H2,1-3H3;1H/q+1;/p-1. The van der Waals surface area contributed by atoms with E-state index in [9.17, 15) is 4.79 Å². The highest BCUT2D eigenvalue weighted by Gasteiger charge is 2.20. The van der Waals surface area contributed by atoms with Crippen LogP contribution in [0.4, 0.5) is 0 Å². The average Bonchev–Trinajstić information content (AvgIpc) is 1.65. The smallest absolute Gasteiger partial charge is 0.211 e. The molecule has 0 aliphatic heterocycles. The molecule has 1 atom stereocenters. The molecule has 4 nitrogen and oxygen atoms in total. The van der Waals surface area contributed by atoms with Crippen molar-refractivity contribution in [3.63, 3.8) is 0 Å². The summed E-state index contributed by atoms with van der Waals surface area (Å²) < 4.78 is 0.500. The summed E-state index contributed by atoms with van der Waals surface area (Å²) >= 11 is 0. The van der Waals surface area contributed by atoms with Crippen molar-refractivity contribution in [1.82, 2.24) is 5.43 Å². The summed E-state index contributed by atoms with van der Waals surface area (Å²) in [7, 11) is 5.66. The summed E-state index contributed by atoms with van der Waals surface area (Å²) in [5.74, 6) is 5.07. The number of carbonyl (C=O) groups excluding carboxylic acids is 1. The van der Waals surface area contributed by atoms with Crippen molar-refractivity contribution in [3.8, 4) is 0 Å². The lowest BCUT2D eigenvalue weighted by molar-refractivity contribution is -0.888. The van der Waals surface area contributed by atoms with Crippen LogP contribution in [0.2, 0.25) is 0 Å². The van der Waals surface area contributed by atoms with E-state index in [1.807, 2.05) is 21.1 Å². The van der Waals surface area contributed by atoms with Gasteiger partial charge in [-0.2, -0.15) is 0 Å². The van der Waals surface area contributed by atoms with Gasteiger partial charge in [0.2, 0.25) is 6.17 Å². The van der Waals surface area contributed by atoms with Crippen LogP contribution >= 0.6 is 0 Å². The number of quaternary nitrogens is 1. The molecule has 0 aromatic carbocycles. The second-order valence-corrected chi connectivity index (χ2v) is 2.86. The number of aldehydes is 1. The Labute approximate surface area is 67.3 Å². The van der Waals surface area contributed by atoms with Crippen LogP contribution in [0.3, 0.4) is 0 Å². The maximum absolute atomic E-state index is 10.2. The Kier molecular flexibility index (Phi) is 5.78. The minimum atomic E-state index is -0.315. The van der Waals surface area contributed by atoms with Crippen molar-refractivity contribution in [2.75, 3.05) is 21.1 Å². The van der Waals surface area contributed by atoms with Gasteiger partial charge in [0.25, 0.3) is 0 Å². The fourth-order valence-electron chi connectivity index (χ4n) is 0.445. The minimum absolute atomic E-state index is 0. The first kappa shape index (κ1) is 12.5. The van der Waals surface area contributed by atoms with Crippen molar-refractivity contribution in [3.05, 3.63) is 0 Å². The SMILES string of the molecule is C[N+](C)(C)C(C=O)NN.[Cl-]. The molecule has 5 heteroatoms. The van der Waals surface area contributed by atoms with Crippen molar-refractivity contribution < 1.29 is 21.7 Å². The largest absolute Gasteiger partial charge is 1.00 e. The molecule has 10 heavy (non-hydrogen) atoms. The molecule has 0 amide bonds. The lowest BCUT2D eigenvalue weighted by Crippen LogP contribution is -3.00. The molecule has 0 aliphatic carbocycles.